The number of benzene rings is 1. The molecule has 0 amide bonds. The Kier molecular flexibility index (Phi) is 3.64. The summed E-state index contributed by atoms with van der Waals surface area (Å²) >= 11 is 5.85. The van der Waals surface area contributed by atoms with Crippen LogP contribution in [0.2, 0.25) is 5.02 Å². The van der Waals surface area contributed by atoms with Crippen LogP contribution in [0.25, 0.3) is 0 Å². The van der Waals surface area contributed by atoms with Gasteiger partial charge >= 0.3 is 0 Å². The molecule has 0 aliphatic carbocycles. The quantitative estimate of drug-likeness (QED) is 0.844. The predicted molar refractivity (Wildman–Crippen MR) is 72.9 cm³/mol. The van der Waals surface area contributed by atoms with Crippen molar-refractivity contribution in [2.75, 3.05) is 17.1 Å². The molecule has 0 heterocycles. The van der Waals surface area contributed by atoms with Crippen LogP contribution in [0.1, 0.15) is 20.8 Å². The van der Waals surface area contributed by atoms with Gasteiger partial charge in [0.2, 0.25) is 10.0 Å². The van der Waals surface area contributed by atoms with Crippen LogP contribution >= 0.6 is 11.6 Å². The summed E-state index contributed by atoms with van der Waals surface area (Å²) in [6.07, 6.45) is 0. The Bertz CT molecular complexity index is 521. The minimum atomic E-state index is -3.47. The van der Waals surface area contributed by atoms with E-state index in [9.17, 15) is 8.42 Å². The minimum absolute atomic E-state index is 0.379. The fourth-order valence-electron chi connectivity index (χ4n) is 1.33. The first-order valence-electron chi connectivity index (χ1n) is 5.11. The summed E-state index contributed by atoms with van der Waals surface area (Å²) in [5.41, 5.74) is 6.54. The van der Waals surface area contributed by atoms with Gasteiger partial charge in [0.05, 0.1) is 16.1 Å². The van der Waals surface area contributed by atoms with Crippen molar-refractivity contribution in [2.45, 2.75) is 25.5 Å². The van der Waals surface area contributed by atoms with E-state index in [1.165, 1.54) is 11.4 Å². The van der Waals surface area contributed by atoms with Gasteiger partial charge in [0.1, 0.15) is 0 Å². The minimum Gasteiger partial charge on any atom is -0.397 e. The zero-order valence-corrected chi connectivity index (χ0v) is 11.9. The van der Waals surface area contributed by atoms with E-state index in [4.69, 9.17) is 17.3 Å². The Balaban J connectivity index is 3.31. The molecule has 0 aliphatic heterocycles. The summed E-state index contributed by atoms with van der Waals surface area (Å²) < 4.78 is 24.8. The Morgan fingerprint density at radius 3 is 2.29 bits per heavy atom. The molecule has 0 aliphatic rings. The Hall–Kier alpha value is -0.940. The molecule has 0 saturated heterocycles. The maximum atomic E-state index is 12.2. The molecule has 1 aromatic rings. The number of rotatable bonds is 2. The summed E-state index contributed by atoms with van der Waals surface area (Å²) in [7, 11) is -2.00. The Morgan fingerprint density at radius 1 is 1.29 bits per heavy atom. The maximum Gasteiger partial charge on any atom is 0.239 e. The lowest BCUT2D eigenvalue weighted by Gasteiger charge is -2.29. The average molecular weight is 277 g/mol. The summed E-state index contributed by atoms with van der Waals surface area (Å²) in [6, 6.07) is 4.75. The van der Waals surface area contributed by atoms with Crippen molar-refractivity contribution in [3.8, 4) is 0 Å². The number of sulfonamides is 1. The van der Waals surface area contributed by atoms with Crippen LogP contribution in [0, 0.1) is 0 Å². The second-order valence-electron chi connectivity index (χ2n) is 4.79. The normalized spacial score (nSPS) is 12.5. The number of hydrogen-bond acceptors (Lipinski definition) is 3. The molecule has 0 fully saturated rings. The highest BCUT2D eigenvalue weighted by atomic mass is 35.5. The van der Waals surface area contributed by atoms with Crippen molar-refractivity contribution < 1.29 is 8.42 Å². The average Bonchev–Trinajstić information content (AvgIpc) is 2.19. The molecule has 0 spiro atoms. The van der Waals surface area contributed by atoms with Crippen LogP contribution < -0.4 is 10.0 Å². The second-order valence-corrected chi connectivity index (χ2v) is 7.95. The monoisotopic (exact) mass is 276 g/mol. The molecule has 0 bridgehead atoms. The van der Waals surface area contributed by atoms with Crippen molar-refractivity contribution >= 4 is 33.0 Å². The highest BCUT2D eigenvalue weighted by molar-refractivity contribution is 7.94. The van der Waals surface area contributed by atoms with Gasteiger partial charge in [-0.2, -0.15) is 0 Å². The van der Waals surface area contributed by atoms with Gasteiger partial charge < -0.3 is 5.73 Å². The molecule has 1 rings (SSSR count). The molecule has 96 valence electrons. The number of nitrogen functional groups attached to an aromatic ring is 1. The fourth-order valence-corrected chi connectivity index (χ4v) is 2.73. The van der Waals surface area contributed by atoms with Crippen LogP contribution in [0.3, 0.4) is 0 Å². The molecule has 2 N–H and O–H groups in total. The van der Waals surface area contributed by atoms with Gasteiger partial charge in [-0.15, -0.1) is 0 Å². The van der Waals surface area contributed by atoms with Crippen molar-refractivity contribution in [3.63, 3.8) is 0 Å². The first-order chi connectivity index (χ1) is 7.57. The van der Waals surface area contributed by atoms with E-state index in [0.29, 0.717) is 16.4 Å². The lowest BCUT2D eigenvalue weighted by atomic mass is 10.3. The largest absolute Gasteiger partial charge is 0.397 e. The molecular weight excluding hydrogens is 260 g/mol. The molecule has 4 nitrogen and oxygen atoms in total. The van der Waals surface area contributed by atoms with Crippen molar-refractivity contribution in [2.24, 2.45) is 0 Å². The van der Waals surface area contributed by atoms with E-state index < -0.39 is 14.8 Å². The lowest BCUT2D eigenvalue weighted by molar-refractivity contribution is 0.558. The third-order valence-corrected chi connectivity index (χ3v) is 5.17. The van der Waals surface area contributed by atoms with E-state index in [1.807, 2.05) is 0 Å². The summed E-state index contributed by atoms with van der Waals surface area (Å²) in [5.74, 6) is 0. The Labute approximate surface area is 107 Å². The van der Waals surface area contributed by atoms with E-state index in [2.05, 4.69) is 0 Å². The van der Waals surface area contributed by atoms with Crippen molar-refractivity contribution in [3.05, 3.63) is 23.2 Å². The van der Waals surface area contributed by atoms with E-state index in [0.717, 1.165) is 0 Å². The summed E-state index contributed by atoms with van der Waals surface area (Å²) in [6.45, 7) is 4.92. The standard InChI is InChI=1S/C11H17ClN2O2S/c1-11(2,3)17(15,16)14(4)10-7-8(12)5-6-9(10)13/h5-7H,13H2,1-4H3. The highest BCUT2D eigenvalue weighted by Crippen LogP contribution is 2.31. The smallest absolute Gasteiger partial charge is 0.239 e. The molecular formula is C11H17ClN2O2S. The van der Waals surface area contributed by atoms with Gasteiger partial charge in [-0.1, -0.05) is 11.6 Å². The second kappa shape index (κ2) is 4.38. The molecule has 0 aromatic heterocycles. The number of halogens is 1. The fraction of sp³-hybridized carbons (Fsp3) is 0.455. The topological polar surface area (TPSA) is 63.4 Å². The molecule has 0 radical (unpaired) electrons. The third kappa shape index (κ3) is 2.66. The van der Waals surface area contributed by atoms with Crippen LogP contribution in [0.4, 0.5) is 11.4 Å². The molecule has 0 saturated carbocycles. The number of anilines is 2. The molecule has 6 heteroatoms. The van der Waals surface area contributed by atoms with Crippen LogP contribution in [0.15, 0.2) is 18.2 Å². The van der Waals surface area contributed by atoms with Crippen LogP contribution in [-0.2, 0) is 10.0 Å². The van der Waals surface area contributed by atoms with Gasteiger partial charge in [0.25, 0.3) is 0 Å². The van der Waals surface area contributed by atoms with Gasteiger partial charge in [-0.3, -0.25) is 4.31 Å². The van der Waals surface area contributed by atoms with E-state index in [1.54, 1.807) is 39.0 Å². The van der Waals surface area contributed by atoms with E-state index >= 15 is 0 Å². The first kappa shape index (κ1) is 14.1. The molecule has 0 unspecified atom stereocenters. The van der Waals surface area contributed by atoms with Gasteiger partial charge in [-0.05, 0) is 39.0 Å². The first-order valence-corrected chi connectivity index (χ1v) is 6.92. The van der Waals surface area contributed by atoms with Crippen LogP contribution in [0.5, 0.6) is 0 Å². The molecule has 0 atom stereocenters. The van der Waals surface area contributed by atoms with Gasteiger partial charge in [0.15, 0.2) is 0 Å². The summed E-state index contributed by atoms with van der Waals surface area (Å²) in [4.78, 5) is 0. The number of hydrogen-bond donors (Lipinski definition) is 1. The van der Waals surface area contributed by atoms with Crippen LogP contribution in [-0.4, -0.2) is 20.2 Å². The molecule has 1 aromatic carbocycles. The number of nitrogens with zero attached hydrogens (tertiary/aromatic N) is 1. The zero-order chi connectivity index (χ0) is 13.4. The Morgan fingerprint density at radius 2 is 1.82 bits per heavy atom. The van der Waals surface area contributed by atoms with Crippen molar-refractivity contribution in [1.82, 2.24) is 0 Å². The van der Waals surface area contributed by atoms with Gasteiger partial charge in [-0.25, -0.2) is 8.42 Å². The highest BCUT2D eigenvalue weighted by Gasteiger charge is 2.34. The third-order valence-electron chi connectivity index (χ3n) is 2.47. The number of nitrogens with two attached hydrogens (primary N) is 1. The zero-order valence-electron chi connectivity index (χ0n) is 10.4. The van der Waals surface area contributed by atoms with Gasteiger partial charge in [0, 0.05) is 12.1 Å². The van der Waals surface area contributed by atoms with Crippen molar-refractivity contribution in [1.29, 1.82) is 0 Å². The SMILES string of the molecule is CN(c1cc(Cl)ccc1N)S(=O)(=O)C(C)(C)C. The maximum absolute atomic E-state index is 12.2. The molecule has 17 heavy (non-hydrogen) atoms. The summed E-state index contributed by atoms with van der Waals surface area (Å²) in [5, 5.41) is 0.449. The predicted octanol–water partition coefficient (Wildman–Crippen LogP) is 2.49. The van der Waals surface area contributed by atoms with E-state index in [-0.39, 0.29) is 0 Å². The lowest BCUT2D eigenvalue weighted by Crippen LogP contribution is -2.41.